The van der Waals surface area contributed by atoms with Gasteiger partial charge in [-0.3, -0.25) is 19.7 Å². The second-order valence-corrected chi connectivity index (χ2v) is 7.96. The fourth-order valence-corrected chi connectivity index (χ4v) is 3.32. The summed E-state index contributed by atoms with van der Waals surface area (Å²) in [4.78, 5) is 34.8. The van der Waals surface area contributed by atoms with Crippen molar-refractivity contribution in [1.82, 2.24) is 5.43 Å². The number of nitrogens with zero attached hydrogens (tertiary/aromatic N) is 2. The van der Waals surface area contributed by atoms with E-state index in [-0.39, 0.29) is 34.4 Å². The maximum atomic E-state index is 12.2. The largest absolute Gasteiger partial charge is 0.490 e. The van der Waals surface area contributed by atoms with Crippen molar-refractivity contribution in [3.05, 3.63) is 92.0 Å². The van der Waals surface area contributed by atoms with Crippen LogP contribution in [0.3, 0.4) is 0 Å². The average Bonchev–Trinajstić information content (AvgIpc) is 2.85. The SMILES string of the molecule is CCOc1cc(/C=N/NC(=O)c2cccc([N+](=O)[O-])c2)cc(Cl)c1OCC(=O)Nc1ccc(Cl)cc1. The maximum Gasteiger partial charge on any atom is 0.271 e. The number of benzene rings is 3. The normalized spacial score (nSPS) is 10.6. The van der Waals surface area contributed by atoms with Crippen molar-refractivity contribution < 1.29 is 24.0 Å². The van der Waals surface area contributed by atoms with Crippen LogP contribution in [0.4, 0.5) is 11.4 Å². The Bertz CT molecular complexity index is 1300. The molecule has 3 rings (SSSR count). The molecule has 2 amide bonds. The molecule has 0 spiro atoms. The summed E-state index contributed by atoms with van der Waals surface area (Å²) in [5.74, 6) is -0.596. The molecule has 0 atom stereocenters. The van der Waals surface area contributed by atoms with Gasteiger partial charge in [-0.15, -0.1) is 0 Å². The Morgan fingerprint density at radius 2 is 1.83 bits per heavy atom. The Hall–Kier alpha value is -4.15. The second-order valence-electron chi connectivity index (χ2n) is 7.11. The second kappa shape index (κ2) is 12.5. The van der Waals surface area contributed by atoms with Gasteiger partial charge in [-0.2, -0.15) is 5.10 Å². The van der Waals surface area contributed by atoms with Crippen molar-refractivity contribution in [3.63, 3.8) is 0 Å². The molecule has 0 radical (unpaired) electrons. The number of nitrogens with one attached hydrogen (secondary N) is 2. The first-order chi connectivity index (χ1) is 17.3. The van der Waals surface area contributed by atoms with Crippen LogP contribution < -0.4 is 20.2 Å². The molecule has 0 bridgehead atoms. The van der Waals surface area contributed by atoms with E-state index >= 15 is 0 Å². The molecule has 0 aliphatic heterocycles. The molecule has 0 fully saturated rings. The molecular weight excluding hydrogens is 511 g/mol. The predicted octanol–water partition coefficient (Wildman–Crippen LogP) is 5.08. The minimum absolute atomic E-state index is 0.0787. The highest BCUT2D eigenvalue weighted by molar-refractivity contribution is 6.32. The molecule has 2 N–H and O–H groups in total. The van der Waals surface area contributed by atoms with E-state index in [9.17, 15) is 19.7 Å². The van der Waals surface area contributed by atoms with Crippen LogP contribution in [-0.4, -0.2) is 36.2 Å². The molecule has 12 heteroatoms. The monoisotopic (exact) mass is 530 g/mol. The lowest BCUT2D eigenvalue weighted by Crippen LogP contribution is -2.20. The first kappa shape index (κ1) is 26.5. The number of rotatable bonds is 10. The quantitative estimate of drug-likeness (QED) is 0.213. The highest BCUT2D eigenvalue weighted by atomic mass is 35.5. The van der Waals surface area contributed by atoms with Gasteiger partial charge in [0.2, 0.25) is 0 Å². The molecular formula is C24H20Cl2N4O6. The summed E-state index contributed by atoms with van der Waals surface area (Å²) in [5.41, 5.74) is 3.20. The van der Waals surface area contributed by atoms with E-state index in [1.54, 1.807) is 37.3 Å². The summed E-state index contributed by atoms with van der Waals surface area (Å²) in [7, 11) is 0. The van der Waals surface area contributed by atoms with E-state index in [1.165, 1.54) is 30.5 Å². The van der Waals surface area contributed by atoms with Crippen molar-refractivity contribution >= 4 is 52.6 Å². The zero-order chi connectivity index (χ0) is 26.1. The van der Waals surface area contributed by atoms with E-state index in [1.807, 2.05) is 0 Å². The number of nitro benzene ring substituents is 1. The Kier molecular flexibility index (Phi) is 9.20. The number of hydrazone groups is 1. The Labute approximate surface area is 216 Å². The van der Waals surface area contributed by atoms with Gasteiger partial charge in [0.1, 0.15) is 0 Å². The molecule has 186 valence electrons. The average molecular weight is 531 g/mol. The summed E-state index contributed by atoms with van der Waals surface area (Å²) in [5, 5.41) is 18.1. The standard InChI is InChI=1S/C24H20Cl2N4O6/c1-2-35-21-11-15(13-27-29-24(32)16-4-3-5-19(12-16)30(33)34)10-20(26)23(21)36-14-22(31)28-18-8-6-17(25)7-9-18/h3-13H,2,14H2,1H3,(H,28,31)(H,29,32)/b27-13+. The van der Waals surface area contributed by atoms with Crippen molar-refractivity contribution in [3.8, 4) is 11.5 Å². The van der Waals surface area contributed by atoms with Crippen molar-refractivity contribution in [2.75, 3.05) is 18.5 Å². The molecule has 3 aromatic carbocycles. The summed E-state index contributed by atoms with van der Waals surface area (Å²) in [6.07, 6.45) is 1.32. The number of ether oxygens (including phenoxy) is 2. The highest BCUT2D eigenvalue weighted by Crippen LogP contribution is 2.36. The van der Waals surface area contributed by atoms with Crippen LogP contribution in [0.5, 0.6) is 11.5 Å². The van der Waals surface area contributed by atoms with Crippen LogP contribution in [0.25, 0.3) is 0 Å². The van der Waals surface area contributed by atoms with Gasteiger partial charge >= 0.3 is 0 Å². The lowest BCUT2D eigenvalue weighted by molar-refractivity contribution is -0.384. The fourth-order valence-electron chi connectivity index (χ4n) is 2.92. The topological polar surface area (TPSA) is 132 Å². The molecule has 0 aliphatic rings. The third kappa shape index (κ3) is 7.42. The molecule has 36 heavy (non-hydrogen) atoms. The van der Waals surface area contributed by atoms with E-state index in [4.69, 9.17) is 32.7 Å². The number of halogens is 2. The highest BCUT2D eigenvalue weighted by Gasteiger charge is 2.15. The number of hydrogen-bond acceptors (Lipinski definition) is 7. The molecule has 3 aromatic rings. The lowest BCUT2D eigenvalue weighted by Gasteiger charge is -2.14. The number of nitro groups is 1. The minimum Gasteiger partial charge on any atom is -0.490 e. The number of non-ortho nitro benzene ring substituents is 1. The number of anilines is 1. The van der Waals surface area contributed by atoms with Crippen LogP contribution in [0.2, 0.25) is 10.0 Å². The van der Waals surface area contributed by atoms with Crippen LogP contribution in [0, 0.1) is 10.1 Å². The number of hydrogen-bond donors (Lipinski definition) is 2. The van der Waals surface area contributed by atoms with E-state index < -0.39 is 16.7 Å². The van der Waals surface area contributed by atoms with Crippen molar-refractivity contribution in [2.45, 2.75) is 6.92 Å². The van der Waals surface area contributed by atoms with Crippen molar-refractivity contribution in [1.29, 1.82) is 0 Å². The molecule has 0 aromatic heterocycles. The van der Waals surface area contributed by atoms with Gasteiger partial charge in [-0.25, -0.2) is 5.43 Å². The van der Waals surface area contributed by atoms with Gasteiger partial charge in [0.05, 0.1) is 22.8 Å². The molecule has 10 nitrogen and oxygen atoms in total. The van der Waals surface area contributed by atoms with E-state index in [0.29, 0.717) is 22.9 Å². The minimum atomic E-state index is -0.627. The molecule has 0 saturated carbocycles. The van der Waals surface area contributed by atoms with Gasteiger partial charge in [0.15, 0.2) is 18.1 Å². The lowest BCUT2D eigenvalue weighted by atomic mass is 10.2. The summed E-state index contributed by atoms with van der Waals surface area (Å²) < 4.78 is 11.2. The van der Waals surface area contributed by atoms with Crippen LogP contribution in [0.1, 0.15) is 22.8 Å². The third-order valence-electron chi connectivity index (χ3n) is 4.51. The molecule has 0 saturated heterocycles. The zero-order valence-electron chi connectivity index (χ0n) is 18.9. The Morgan fingerprint density at radius 3 is 2.53 bits per heavy atom. The van der Waals surface area contributed by atoms with E-state index in [2.05, 4.69) is 15.8 Å². The number of amides is 2. The predicted molar refractivity (Wildman–Crippen MR) is 136 cm³/mol. The number of carbonyl (C=O) groups excluding carboxylic acids is 2. The Balaban J connectivity index is 1.66. The van der Waals surface area contributed by atoms with Crippen LogP contribution in [-0.2, 0) is 4.79 Å². The summed E-state index contributed by atoms with van der Waals surface area (Å²) >= 11 is 12.2. The van der Waals surface area contributed by atoms with Crippen LogP contribution in [0.15, 0.2) is 65.8 Å². The Morgan fingerprint density at radius 1 is 1.08 bits per heavy atom. The smallest absolute Gasteiger partial charge is 0.271 e. The van der Waals surface area contributed by atoms with E-state index in [0.717, 1.165) is 6.07 Å². The fraction of sp³-hybridized carbons (Fsp3) is 0.125. The first-order valence-corrected chi connectivity index (χ1v) is 11.2. The van der Waals surface area contributed by atoms with Gasteiger partial charge in [0.25, 0.3) is 17.5 Å². The molecule has 0 aliphatic carbocycles. The van der Waals surface area contributed by atoms with Gasteiger partial charge < -0.3 is 14.8 Å². The third-order valence-corrected chi connectivity index (χ3v) is 5.04. The zero-order valence-corrected chi connectivity index (χ0v) is 20.4. The molecule has 0 unspecified atom stereocenters. The number of carbonyl (C=O) groups is 2. The summed E-state index contributed by atoms with van der Waals surface area (Å²) in [6.45, 7) is 1.74. The maximum absolute atomic E-state index is 12.2. The van der Waals surface area contributed by atoms with Gasteiger partial charge in [-0.1, -0.05) is 29.3 Å². The summed E-state index contributed by atoms with van der Waals surface area (Å²) in [6, 6.07) is 15.0. The first-order valence-electron chi connectivity index (χ1n) is 10.5. The van der Waals surface area contributed by atoms with Crippen molar-refractivity contribution in [2.24, 2.45) is 5.10 Å². The van der Waals surface area contributed by atoms with Crippen LogP contribution >= 0.6 is 23.2 Å². The van der Waals surface area contributed by atoms with Gasteiger partial charge in [-0.05, 0) is 55.0 Å². The molecule has 0 heterocycles. The van der Waals surface area contributed by atoms with Gasteiger partial charge in [0, 0.05) is 28.4 Å².